The number of hydrogen-bond donors (Lipinski definition) is 3. The number of nitrogens with one attached hydrogen (secondary N) is 2. The first-order valence-corrected chi connectivity index (χ1v) is 5.49. The predicted molar refractivity (Wildman–Crippen MR) is 67.3 cm³/mol. The number of benzene rings is 1. The molecular formula is C12H12N4O2. The van der Waals surface area contributed by atoms with E-state index in [2.05, 4.69) is 15.5 Å². The molecule has 4 N–H and O–H groups in total. The van der Waals surface area contributed by atoms with E-state index in [1.807, 2.05) is 12.1 Å². The number of methoxy groups -OCH3 is 1. The van der Waals surface area contributed by atoms with Crippen LogP contribution in [0.2, 0.25) is 0 Å². The van der Waals surface area contributed by atoms with Crippen LogP contribution in [0.25, 0.3) is 11.1 Å². The molecule has 0 atom stereocenters. The summed E-state index contributed by atoms with van der Waals surface area (Å²) in [6.07, 6.45) is 2.01. The number of carbonyl (C=O) groups excluding carboxylic acids is 1. The van der Waals surface area contributed by atoms with Crippen LogP contribution in [0.3, 0.4) is 0 Å². The molecule has 0 aliphatic carbocycles. The van der Waals surface area contributed by atoms with Crippen LogP contribution in [0.4, 0.5) is 11.5 Å². The third kappa shape index (κ3) is 1.50. The van der Waals surface area contributed by atoms with E-state index in [4.69, 9.17) is 10.5 Å². The number of aromatic amines is 1. The smallest absolute Gasteiger partial charge is 0.228 e. The second kappa shape index (κ2) is 3.76. The summed E-state index contributed by atoms with van der Waals surface area (Å²) in [7, 11) is 1.57. The van der Waals surface area contributed by atoms with Gasteiger partial charge in [-0.25, -0.2) is 0 Å². The Labute approximate surface area is 103 Å². The molecule has 92 valence electrons. The number of amides is 1. The maximum absolute atomic E-state index is 11.4. The molecule has 6 heteroatoms. The van der Waals surface area contributed by atoms with Crippen LogP contribution >= 0.6 is 0 Å². The normalized spacial score (nSPS) is 13.3. The lowest BCUT2D eigenvalue weighted by Gasteiger charge is -2.09. The van der Waals surface area contributed by atoms with E-state index in [1.165, 1.54) is 0 Å². The van der Waals surface area contributed by atoms with Gasteiger partial charge in [0.05, 0.1) is 25.4 Å². The average Bonchev–Trinajstić information content (AvgIpc) is 2.92. The third-order valence-electron chi connectivity index (χ3n) is 3.00. The molecule has 18 heavy (non-hydrogen) atoms. The molecule has 1 aromatic heterocycles. The molecule has 2 aromatic rings. The van der Waals surface area contributed by atoms with Crippen molar-refractivity contribution < 1.29 is 9.53 Å². The lowest BCUT2D eigenvalue weighted by molar-refractivity contribution is -0.115. The van der Waals surface area contributed by atoms with Crippen LogP contribution < -0.4 is 15.8 Å². The largest absolute Gasteiger partial charge is 0.495 e. The summed E-state index contributed by atoms with van der Waals surface area (Å²) >= 11 is 0. The van der Waals surface area contributed by atoms with E-state index in [9.17, 15) is 4.79 Å². The number of aromatic nitrogens is 2. The first-order valence-electron chi connectivity index (χ1n) is 5.49. The van der Waals surface area contributed by atoms with E-state index in [1.54, 1.807) is 13.3 Å². The lowest BCUT2D eigenvalue weighted by atomic mass is 10.0. The van der Waals surface area contributed by atoms with E-state index in [0.29, 0.717) is 18.0 Å². The van der Waals surface area contributed by atoms with Crippen LogP contribution in [-0.2, 0) is 11.2 Å². The second-order valence-corrected chi connectivity index (χ2v) is 4.13. The minimum Gasteiger partial charge on any atom is -0.495 e. The van der Waals surface area contributed by atoms with Crippen LogP contribution in [-0.4, -0.2) is 23.2 Å². The number of rotatable bonds is 2. The Morgan fingerprint density at radius 3 is 2.94 bits per heavy atom. The molecule has 2 heterocycles. The molecule has 6 nitrogen and oxygen atoms in total. The fourth-order valence-corrected chi connectivity index (χ4v) is 2.15. The topological polar surface area (TPSA) is 93.0 Å². The van der Waals surface area contributed by atoms with Gasteiger partial charge < -0.3 is 15.8 Å². The zero-order valence-electron chi connectivity index (χ0n) is 9.78. The van der Waals surface area contributed by atoms with Gasteiger partial charge >= 0.3 is 0 Å². The third-order valence-corrected chi connectivity index (χ3v) is 3.00. The molecule has 1 aliphatic rings. The van der Waals surface area contributed by atoms with Crippen molar-refractivity contribution in [1.29, 1.82) is 0 Å². The van der Waals surface area contributed by atoms with Gasteiger partial charge in [0.1, 0.15) is 11.6 Å². The lowest BCUT2D eigenvalue weighted by Crippen LogP contribution is -2.04. The number of nitrogen functional groups attached to an aromatic ring is 1. The molecule has 3 rings (SSSR count). The summed E-state index contributed by atoms with van der Waals surface area (Å²) in [4.78, 5) is 11.4. The molecule has 1 amide bonds. The van der Waals surface area contributed by atoms with Gasteiger partial charge in [-0.05, 0) is 23.3 Å². The zero-order chi connectivity index (χ0) is 12.7. The Morgan fingerprint density at radius 1 is 1.44 bits per heavy atom. The van der Waals surface area contributed by atoms with Gasteiger partial charge in [0.15, 0.2) is 0 Å². The van der Waals surface area contributed by atoms with Crippen molar-refractivity contribution in [1.82, 2.24) is 10.2 Å². The highest BCUT2D eigenvalue weighted by Crippen LogP contribution is 2.38. The molecular weight excluding hydrogens is 232 g/mol. The number of nitrogens with two attached hydrogens (primary N) is 1. The summed E-state index contributed by atoms with van der Waals surface area (Å²) in [6, 6.07) is 3.77. The van der Waals surface area contributed by atoms with Crippen molar-refractivity contribution >= 4 is 17.4 Å². The SMILES string of the molecule is COc1cc(-c2cn[nH]c2N)cc2c1NC(=O)C2. The number of hydrogen-bond acceptors (Lipinski definition) is 4. The number of H-pyrrole nitrogens is 1. The van der Waals surface area contributed by atoms with Crippen LogP contribution in [0.5, 0.6) is 5.75 Å². The Morgan fingerprint density at radius 2 is 2.28 bits per heavy atom. The van der Waals surface area contributed by atoms with Gasteiger partial charge in [-0.3, -0.25) is 9.89 Å². The molecule has 0 bridgehead atoms. The van der Waals surface area contributed by atoms with Crippen molar-refractivity contribution in [2.75, 3.05) is 18.2 Å². The minimum atomic E-state index is -0.0272. The predicted octanol–water partition coefficient (Wildman–Crippen LogP) is 1.16. The van der Waals surface area contributed by atoms with Crippen molar-refractivity contribution in [3.05, 3.63) is 23.9 Å². The molecule has 0 saturated carbocycles. The summed E-state index contributed by atoms with van der Waals surface area (Å²) in [5.74, 6) is 1.10. The average molecular weight is 244 g/mol. The monoisotopic (exact) mass is 244 g/mol. The van der Waals surface area contributed by atoms with Gasteiger partial charge in [0.25, 0.3) is 0 Å². The van der Waals surface area contributed by atoms with Gasteiger partial charge in [0.2, 0.25) is 5.91 Å². The molecule has 1 aliphatic heterocycles. The summed E-state index contributed by atoms with van der Waals surface area (Å²) in [6.45, 7) is 0. The molecule has 0 saturated heterocycles. The highest BCUT2D eigenvalue weighted by Gasteiger charge is 2.23. The summed E-state index contributed by atoms with van der Waals surface area (Å²) in [5.41, 5.74) is 9.14. The molecule has 0 fully saturated rings. The number of fused-ring (bicyclic) bond motifs is 1. The number of anilines is 2. The molecule has 1 aromatic carbocycles. The number of ether oxygens (including phenoxy) is 1. The Hall–Kier alpha value is -2.50. The molecule has 0 radical (unpaired) electrons. The van der Waals surface area contributed by atoms with Crippen molar-refractivity contribution in [2.45, 2.75) is 6.42 Å². The van der Waals surface area contributed by atoms with E-state index < -0.39 is 0 Å². The first-order chi connectivity index (χ1) is 8.69. The van der Waals surface area contributed by atoms with E-state index in [-0.39, 0.29) is 5.91 Å². The first kappa shape index (κ1) is 10.6. The van der Waals surface area contributed by atoms with Crippen molar-refractivity contribution in [3.63, 3.8) is 0 Å². The molecule has 0 spiro atoms. The van der Waals surface area contributed by atoms with E-state index >= 15 is 0 Å². The fraction of sp³-hybridized carbons (Fsp3) is 0.167. The van der Waals surface area contributed by atoms with Crippen LogP contribution in [0, 0.1) is 0 Å². The van der Waals surface area contributed by atoms with Gasteiger partial charge in [-0.2, -0.15) is 5.10 Å². The fourth-order valence-electron chi connectivity index (χ4n) is 2.15. The Bertz CT molecular complexity index is 633. The highest BCUT2D eigenvalue weighted by molar-refractivity contribution is 6.02. The Balaban J connectivity index is 2.17. The van der Waals surface area contributed by atoms with Gasteiger partial charge in [-0.15, -0.1) is 0 Å². The minimum absolute atomic E-state index is 0.0272. The molecule has 0 unspecified atom stereocenters. The summed E-state index contributed by atoms with van der Waals surface area (Å²) < 4.78 is 5.30. The highest BCUT2D eigenvalue weighted by atomic mass is 16.5. The summed E-state index contributed by atoms with van der Waals surface area (Å²) in [5, 5.41) is 9.36. The van der Waals surface area contributed by atoms with Crippen molar-refractivity contribution in [3.8, 4) is 16.9 Å². The van der Waals surface area contributed by atoms with Crippen molar-refractivity contribution in [2.24, 2.45) is 0 Å². The van der Waals surface area contributed by atoms with Crippen LogP contribution in [0.1, 0.15) is 5.56 Å². The maximum Gasteiger partial charge on any atom is 0.228 e. The maximum atomic E-state index is 11.4. The van der Waals surface area contributed by atoms with Gasteiger partial charge in [0, 0.05) is 5.56 Å². The zero-order valence-corrected chi connectivity index (χ0v) is 9.78. The van der Waals surface area contributed by atoms with E-state index in [0.717, 1.165) is 22.4 Å². The van der Waals surface area contributed by atoms with Crippen LogP contribution in [0.15, 0.2) is 18.3 Å². The standard InChI is InChI=1S/C12H12N4O2/c1-18-9-3-6(8-5-14-16-12(8)13)2-7-4-10(17)15-11(7)9/h2-3,5H,4H2,1H3,(H,15,17)(H3,13,14,16). The Kier molecular flexibility index (Phi) is 2.22. The quantitative estimate of drug-likeness (QED) is 0.739. The second-order valence-electron chi connectivity index (χ2n) is 4.13. The number of nitrogens with zero attached hydrogens (tertiary/aromatic N) is 1. The van der Waals surface area contributed by atoms with Gasteiger partial charge in [-0.1, -0.05) is 0 Å². The number of carbonyl (C=O) groups is 1.